The van der Waals surface area contributed by atoms with Crippen molar-refractivity contribution in [3.8, 4) is 0 Å². The lowest BCUT2D eigenvalue weighted by atomic mass is 10.1. The molecule has 0 radical (unpaired) electrons. The van der Waals surface area contributed by atoms with E-state index in [9.17, 15) is 0 Å². The van der Waals surface area contributed by atoms with Crippen LogP contribution in [0.25, 0.3) is 0 Å². The maximum absolute atomic E-state index is 4.06. The van der Waals surface area contributed by atoms with Crippen molar-refractivity contribution in [2.75, 3.05) is 21.1 Å². The topological polar surface area (TPSA) is 32.3 Å². The van der Waals surface area contributed by atoms with Gasteiger partial charge in [-0.2, -0.15) is 0 Å². The average Bonchev–Trinajstić information content (AvgIpc) is 2.84. The molecule has 21 heavy (non-hydrogen) atoms. The second kappa shape index (κ2) is 7.11. The van der Waals surface area contributed by atoms with Crippen molar-refractivity contribution in [2.45, 2.75) is 33.0 Å². The Morgan fingerprint density at radius 1 is 1.10 bits per heavy atom. The zero-order valence-electron chi connectivity index (χ0n) is 13.5. The molecule has 4 nitrogen and oxygen atoms in total. The van der Waals surface area contributed by atoms with Crippen molar-refractivity contribution in [3.05, 3.63) is 46.0 Å². The van der Waals surface area contributed by atoms with E-state index in [1.807, 2.05) is 6.92 Å². The van der Waals surface area contributed by atoms with Gasteiger partial charge in [0.2, 0.25) is 0 Å². The summed E-state index contributed by atoms with van der Waals surface area (Å²) in [5.41, 5.74) is 3.73. The van der Waals surface area contributed by atoms with Crippen LogP contribution in [-0.2, 0) is 13.1 Å². The Morgan fingerprint density at radius 2 is 1.76 bits per heavy atom. The predicted molar refractivity (Wildman–Crippen MR) is 88.4 cm³/mol. The number of benzene rings is 1. The fraction of sp³-hybridized carbons (Fsp3) is 0.500. The number of aryl methyl sites for hydroxylation is 1. The molecule has 114 valence electrons. The molecule has 1 atom stereocenters. The van der Waals surface area contributed by atoms with Gasteiger partial charge in [-0.25, -0.2) is 0 Å². The SMILES string of the molecule is Cc1nnsc1CN(C)Cc1ccc([C@H](C)N(C)C)cc1. The first-order chi connectivity index (χ1) is 9.97. The maximum Gasteiger partial charge on any atom is 0.0769 e. The van der Waals surface area contributed by atoms with E-state index in [1.54, 1.807) is 0 Å². The van der Waals surface area contributed by atoms with Crippen LogP contribution in [0.5, 0.6) is 0 Å². The minimum atomic E-state index is 0.447. The summed E-state index contributed by atoms with van der Waals surface area (Å²) in [7, 11) is 6.35. The highest BCUT2D eigenvalue weighted by molar-refractivity contribution is 7.05. The van der Waals surface area contributed by atoms with Gasteiger partial charge in [-0.05, 0) is 57.6 Å². The van der Waals surface area contributed by atoms with Crippen LogP contribution in [0.2, 0.25) is 0 Å². The maximum atomic E-state index is 4.06. The molecule has 5 heteroatoms. The van der Waals surface area contributed by atoms with Gasteiger partial charge in [-0.1, -0.05) is 28.8 Å². The third kappa shape index (κ3) is 4.33. The van der Waals surface area contributed by atoms with Crippen molar-refractivity contribution in [1.29, 1.82) is 0 Å². The molecule has 1 heterocycles. The molecule has 0 fully saturated rings. The van der Waals surface area contributed by atoms with Gasteiger partial charge < -0.3 is 4.90 Å². The molecule has 0 saturated heterocycles. The Bertz CT molecular complexity index is 562. The first-order valence-electron chi connectivity index (χ1n) is 7.19. The summed E-state index contributed by atoms with van der Waals surface area (Å²) < 4.78 is 3.99. The number of rotatable bonds is 6. The number of hydrogen-bond donors (Lipinski definition) is 0. The summed E-state index contributed by atoms with van der Waals surface area (Å²) in [6.07, 6.45) is 0. The Balaban J connectivity index is 1.95. The summed E-state index contributed by atoms with van der Waals surface area (Å²) in [4.78, 5) is 5.77. The molecular weight excluding hydrogens is 280 g/mol. The molecule has 0 aliphatic carbocycles. The standard InChI is InChI=1S/C16H24N4S/c1-12-16(21-18-17-12)11-20(5)10-14-6-8-15(9-7-14)13(2)19(3)4/h6-9,13H,10-11H2,1-5H3/t13-/m0/s1. The molecule has 1 aromatic carbocycles. The highest BCUT2D eigenvalue weighted by Gasteiger charge is 2.09. The van der Waals surface area contributed by atoms with Crippen molar-refractivity contribution in [3.63, 3.8) is 0 Å². The molecule has 2 aromatic rings. The minimum Gasteiger partial charge on any atom is -0.303 e. The van der Waals surface area contributed by atoms with E-state index in [-0.39, 0.29) is 0 Å². The van der Waals surface area contributed by atoms with Crippen LogP contribution in [0.4, 0.5) is 0 Å². The van der Waals surface area contributed by atoms with Gasteiger partial charge in [0.1, 0.15) is 0 Å². The van der Waals surface area contributed by atoms with Gasteiger partial charge in [-0.3, -0.25) is 4.90 Å². The Morgan fingerprint density at radius 3 is 2.29 bits per heavy atom. The third-order valence-electron chi connectivity index (χ3n) is 3.85. The summed E-state index contributed by atoms with van der Waals surface area (Å²) in [6.45, 7) is 6.08. The third-order valence-corrected chi connectivity index (χ3v) is 4.66. The smallest absolute Gasteiger partial charge is 0.0769 e. The van der Waals surface area contributed by atoms with Crippen LogP contribution in [0.1, 0.15) is 34.7 Å². The molecule has 0 aliphatic heterocycles. The lowest BCUT2D eigenvalue weighted by Gasteiger charge is -2.21. The van der Waals surface area contributed by atoms with Crippen LogP contribution >= 0.6 is 11.5 Å². The van der Waals surface area contributed by atoms with E-state index in [2.05, 4.69) is 71.7 Å². The van der Waals surface area contributed by atoms with Crippen molar-refractivity contribution in [2.24, 2.45) is 0 Å². The van der Waals surface area contributed by atoms with Gasteiger partial charge in [0.25, 0.3) is 0 Å². The fourth-order valence-corrected chi connectivity index (χ4v) is 2.92. The summed E-state index contributed by atoms with van der Waals surface area (Å²) >= 11 is 1.49. The van der Waals surface area contributed by atoms with Crippen molar-refractivity contribution < 1.29 is 0 Å². The second-order valence-corrected chi connectivity index (χ2v) is 6.67. The Labute approximate surface area is 131 Å². The van der Waals surface area contributed by atoms with E-state index in [0.717, 1.165) is 18.8 Å². The normalized spacial score (nSPS) is 13.1. The van der Waals surface area contributed by atoms with E-state index in [4.69, 9.17) is 0 Å². The van der Waals surface area contributed by atoms with Crippen molar-refractivity contribution >= 4 is 11.5 Å². The van der Waals surface area contributed by atoms with Crippen LogP contribution in [0.3, 0.4) is 0 Å². The lowest BCUT2D eigenvalue weighted by molar-refractivity contribution is 0.317. The first-order valence-corrected chi connectivity index (χ1v) is 7.96. The lowest BCUT2D eigenvalue weighted by Crippen LogP contribution is -2.18. The highest BCUT2D eigenvalue weighted by Crippen LogP contribution is 2.19. The second-order valence-electron chi connectivity index (χ2n) is 5.83. The van der Waals surface area contributed by atoms with Crippen LogP contribution in [0, 0.1) is 6.92 Å². The quantitative estimate of drug-likeness (QED) is 0.821. The summed E-state index contributed by atoms with van der Waals surface area (Å²) in [5.74, 6) is 0. The minimum absolute atomic E-state index is 0.447. The monoisotopic (exact) mass is 304 g/mol. The van der Waals surface area contributed by atoms with Gasteiger partial charge in [0.15, 0.2) is 0 Å². The zero-order valence-corrected chi connectivity index (χ0v) is 14.3. The molecular formula is C16H24N4S. The van der Waals surface area contributed by atoms with E-state index in [0.29, 0.717) is 6.04 Å². The molecule has 0 amide bonds. The van der Waals surface area contributed by atoms with Gasteiger partial charge in [-0.15, -0.1) is 5.10 Å². The molecule has 0 saturated carbocycles. The number of aromatic nitrogens is 2. The largest absolute Gasteiger partial charge is 0.303 e. The summed E-state index contributed by atoms with van der Waals surface area (Å²) in [5, 5.41) is 4.06. The van der Waals surface area contributed by atoms with Crippen LogP contribution in [0.15, 0.2) is 24.3 Å². The predicted octanol–water partition coefficient (Wildman–Crippen LogP) is 3.10. The van der Waals surface area contributed by atoms with Crippen LogP contribution in [-0.4, -0.2) is 40.5 Å². The fourth-order valence-electron chi connectivity index (χ4n) is 2.21. The molecule has 2 rings (SSSR count). The Kier molecular flexibility index (Phi) is 5.45. The average molecular weight is 304 g/mol. The van der Waals surface area contributed by atoms with Crippen molar-refractivity contribution in [1.82, 2.24) is 19.4 Å². The van der Waals surface area contributed by atoms with E-state index >= 15 is 0 Å². The molecule has 1 aromatic heterocycles. The van der Waals surface area contributed by atoms with Gasteiger partial charge >= 0.3 is 0 Å². The molecule has 0 bridgehead atoms. The molecule has 0 N–H and O–H groups in total. The van der Waals surface area contributed by atoms with Gasteiger partial charge in [0, 0.05) is 19.1 Å². The molecule has 0 aliphatic rings. The Hall–Kier alpha value is -1.30. The van der Waals surface area contributed by atoms with Crippen LogP contribution < -0.4 is 0 Å². The molecule has 0 spiro atoms. The molecule has 0 unspecified atom stereocenters. The van der Waals surface area contributed by atoms with Gasteiger partial charge in [0.05, 0.1) is 10.6 Å². The number of hydrogen-bond acceptors (Lipinski definition) is 5. The first kappa shape index (κ1) is 16.1. The van der Waals surface area contributed by atoms with E-state index in [1.165, 1.54) is 27.5 Å². The zero-order chi connectivity index (χ0) is 15.4. The number of nitrogens with zero attached hydrogens (tertiary/aromatic N) is 4. The summed E-state index contributed by atoms with van der Waals surface area (Å²) in [6, 6.07) is 9.36. The highest BCUT2D eigenvalue weighted by atomic mass is 32.1. The van der Waals surface area contributed by atoms with E-state index < -0.39 is 0 Å².